The molecule has 0 fully saturated rings. The van der Waals surface area contributed by atoms with Gasteiger partial charge < -0.3 is 0 Å². The molecule has 112 valence electrons. The number of aromatic nitrogens is 2. The highest BCUT2D eigenvalue weighted by atomic mass is 35.5. The van der Waals surface area contributed by atoms with Gasteiger partial charge in [0.2, 0.25) is 0 Å². The third kappa shape index (κ3) is 3.96. The van der Waals surface area contributed by atoms with Crippen LogP contribution in [0.5, 0.6) is 0 Å². The summed E-state index contributed by atoms with van der Waals surface area (Å²) in [5, 5.41) is 0.873. The zero-order valence-corrected chi connectivity index (χ0v) is 14.3. The predicted molar refractivity (Wildman–Crippen MR) is 90.1 cm³/mol. The second-order valence-corrected chi connectivity index (χ2v) is 6.71. The third-order valence-electron chi connectivity index (χ3n) is 3.29. The monoisotopic (exact) mass is 322 g/mol. The van der Waals surface area contributed by atoms with E-state index in [4.69, 9.17) is 23.2 Å². The van der Waals surface area contributed by atoms with E-state index >= 15 is 0 Å². The number of halogens is 2. The first-order valence-corrected chi connectivity index (χ1v) is 7.96. The summed E-state index contributed by atoms with van der Waals surface area (Å²) in [4.78, 5) is 8.77. The molecule has 0 aliphatic carbocycles. The topological polar surface area (TPSA) is 25.8 Å². The molecular formula is C17H20Cl2N2. The molecule has 2 rings (SSSR count). The summed E-state index contributed by atoms with van der Waals surface area (Å²) in [5.74, 6) is 1.42. The van der Waals surface area contributed by atoms with E-state index in [1.165, 1.54) is 5.56 Å². The molecular weight excluding hydrogens is 303 g/mol. The molecule has 1 heterocycles. The number of nitrogens with zero attached hydrogens (tertiary/aromatic N) is 2. The fourth-order valence-electron chi connectivity index (χ4n) is 2.28. The van der Waals surface area contributed by atoms with Crippen LogP contribution in [0.15, 0.2) is 24.3 Å². The largest absolute Gasteiger partial charge is 0.216 e. The van der Waals surface area contributed by atoms with Crippen molar-refractivity contribution in [2.45, 2.75) is 40.0 Å². The Hall–Kier alpha value is -1.12. The molecule has 0 N–H and O–H groups in total. The van der Waals surface area contributed by atoms with Crippen molar-refractivity contribution in [1.82, 2.24) is 9.97 Å². The third-order valence-corrected chi connectivity index (χ3v) is 3.86. The molecule has 0 unspecified atom stereocenters. The molecule has 0 aliphatic heterocycles. The van der Waals surface area contributed by atoms with Crippen LogP contribution < -0.4 is 0 Å². The molecule has 1 aromatic heterocycles. The van der Waals surface area contributed by atoms with Gasteiger partial charge in [0.25, 0.3) is 0 Å². The summed E-state index contributed by atoms with van der Waals surface area (Å²) in [6.07, 6.45) is 1.06. The van der Waals surface area contributed by atoms with Gasteiger partial charge in [-0.05, 0) is 23.8 Å². The Kier molecular flexibility index (Phi) is 5.23. The van der Waals surface area contributed by atoms with E-state index in [0.29, 0.717) is 22.0 Å². The lowest BCUT2D eigenvalue weighted by atomic mass is 10.0. The van der Waals surface area contributed by atoms with Gasteiger partial charge in [0, 0.05) is 11.1 Å². The first kappa shape index (κ1) is 16.3. The van der Waals surface area contributed by atoms with Crippen LogP contribution in [-0.2, 0) is 6.42 Å². The minimum absolute atomic E-state index is 0.201. The molecule has 0 atom stereocenters. The molecule has 0 amide bonds. The van der Waals surface area contributed by atoms with Crippen molar-refractivity contribution in [2.75, 3.05) is 0 Å². The zero-order chi connectivity index (χ0) is 15.6. The van der Waals surface area contributed by atoms with Crippen LogP contribution in [0.3, 0.4) is 0 Å². The molecule has 2 nitrogen and oxygen atoms in total. The maximum Gasteiger partial charge on any atom is 0.162 e. The zero-order valence-electron chi connectivity index (χ0n) is 12.8. The van der Waals surface area contributed by atoms with E-state index < -0.39 is 0 Å². The summed E-state index contributed by atoms with van der Waals surface area (Å²) in [7, 11) is 0. The van der Waals surface area contributed by atoms with Gasteiger partial charge in [-0.1, -0.05) is 75.2 Å². The molecule has 0 spiro atoms. The van der Waals surface area contributed by atoms with Crippen molar-refractivity contribution in [3.8, 4) is 11.4 Å². The maximum atomic E-state index is 6.24. The Morgan fingerprint density at radius 1 is 0.905 bits per heavy atom. The molecule has 21 heavy (non-hydrogen) atoms. The molecule has 0 aliphatic rings. The Bertz CT molecular complexity index is 596. The van der Waals surface area contributed by atoms with Gasteiger partial charge in [-0.25, -0.2) is 9.97 Å². The van der Waals surface area contributed by atoms with E-state index in [2.05, 4.69) is 35.9 Å². The highest BCUT2D eigenvalue weighted by molar-refractivity contribution is 6.34. The average Bonchev–Trinajstić information content (AvgIpc) is 2.37. The Morgan fingerprint density at radius 2 is 1.43 bits per heavy atom. The number of hydrogen-bond donors (Lipinski definition) is 0. The molecule has 0 radical (unpaired) electrons. The van der Waals surface area contributed by atoms with Crippen LogP contribution in [0.1, 0.15) is 44.7 Å². The molecule has 0 bridgehead atoms. The van der Waals surface area contributed by atoms with Crippen molar-refractivity contribution in [2.24, 2.45) is 5.92 Å². The van der Waals surface area contributed by atoms with Gasteiger partial charge >= 0.3 is 0 Å². The van der Waals surface area contributed by atoms with E-state index in [-0.39, 0.29) is 5.92 Å². The molecule has 0 saturated heterocycles. The van der Waals surface area contributed by atoms with E-state index in [1.807, 2.05) is 26.0 Å². The van der Waals surface area contributed by atoms with Crippen molar-refractivity contribution < 1.29 is 0 Å². The van der Waals surface area contributed by atoms with Crippen molar-refractivity contribution >= 4 is 23.2 Å². The van der Waals surface area contributed by atoms with Crippen molar-refractivity contribution in [1.29, 1.82) is 0 Å². The molecule has 1 aromatic carbocycles. The maximum absolute atomic E-state index is 6.24. The highest BCUT2D eigenvalue weighted by Crippen LogP contribution is 2.31. The number of rotatable bonds is 4. The quantitative estimate of drug-likeness (QED) is 0.667. The molecule has 4 heteroatoms. The van der Waals surface area contributed by atoms with Crippen LogP contribution in [0.2, 0.25) is 10.3 Å². The van der Waals surface area contributed by atoms with Crippen LogP contribution >= 0.6 is 23.2 Å². The fourth-order valence-corrected chi connectivity index (χ4v) is 3.11. The second-order valence-electron chi connectivity index (χ2n) is 5.99. The van der Waals surface area contributed by atoms with Gasteiger partial charge in [-0.2, -0.15) is 0 Å². The van der Waals surface area contributed by atoms with Crippen LogP contribution in [0.4, 0.5) is 0 Å². The van der Waals surface area contributed by atoms with Crippen LogP contribution in [0.25, 0.3) is 11.4 Å². The first-order chi connectivity index (χ1) is 9.88. The smallest absolute Gasteiger partial charge is 0.162 e. The Labute approximate surface area is 136 Å². The van der Waals surface area contributed by atoms with Gasteiger partial charge in [-0.15, -0.1) is 0 Å². The van der Waals surface area contributed by atoms with Crippen molar-refractivity contribution in [3.63, 3.8) is 0 Å². The first-order valence-electron chi connectivity index (χ1n) is 7.20. The van der Waals surface area contributed by atoms with Crippen LogP contribution in [-0.4, -0.2) is 9.97 Å². The summed E-state index contributed by atoms with van der Waals surface area (Å²) >= 11 is 12.5. The molecule has 0 saturated carbocycles. The van der Waals surface area contributed by atoms with E-state index in [1.54, 1.807) is 0 Å². The predicted octanol–water partition coefficient (Wildman–Crippen LogP) is 5.77. The Balaban J connectivity index is 2.34. The highest BCUT2D eigenvalue weighted by Gasteiger charge is 2.15. The number of benzene rings is 1. The average molecular weight is 323 g/mol. The van der Waals surface area contributed by atoms with Gasteiger partial charge in [0.1, 0.15) is 10.3 Å². The minimum atomic E-state index is 0.201. The number of hydrogen-bond acceptors (Lipinski definition) is 2. The normalized spacial score (nSPS) is 11.4. The minimum Gasteiger partial charge on any atom is -0.216 e. The van der Waals surface area contributed by atoms with E-state index in [9.17, 15) is 0 Å². The SMILES string of the molecule is CC(C)Cc1ccc(-c2nc(Cl)c(C(C)C)c(Cl)n2)cc1. The van der Waals surface area contributed by atoms with Gasteiger partial charge in [0.15, 0.2) is 5.82 Å². The second kappa shape index (κ2) is 6.76. The summed E-state index contributed by atoms with van der Waals surface area (Å²) in [6.45, 7) is 8.47. The molecule has 2 aromatic rings. The Morgan fingerprint density at radius 3 is 1.86 bits per heavy atom. The summed E-state index contributed by atoms with van der Waals surface area (Å²) < 4.78 is 0. The van der Waals surface area contributed by atoms with Crippen LogP contribution in [0, 0.1) is 5.92 Å². The van der Waals surface area contributed by atoms with Gasteiger partial charge in [-0.3, -0.25) is 0 Å². The summed E-state index contributed by atoms with van der Waals surface area (Å²) in [6, 6.07) is 8.26. The lowest BCUT2D eigenvalue weighted by molar-refractivity contribution is 0.647. The lowest BCUT2D eigenvalue weighted by Crippen LogP contribution is -1.99. The standard InChI is InChI=1S/C17H20Cl2N2/c1-10(2)9-12-5-7-13(8-6-12)17-20-15(18)14(11(3)4)16(19)21-17/h5-8,10-11H,9H2,1-4H3. The summed E-state index contributed by atoms with van der Waals surface area (Å²) in [5.41, 5.74) is 3.05. The fraction of sp³-hybridized carbons (Fsp3) is 0.412. The van der Waals surface area contributed by atoms with Gasteiger partial charge in [0.05, 0.1) is 0 Å². The lowest BCUT2D eigenvalue weighted by Gasteiger charge is -2.11. The van der Waals surface area contributed by atoms with E-state index in [0.717, 1.165) is 17.5 Å². The van der Waals surface area contributed by atoms with Crippen molar-refractivity contribution in [3.05, 3.63) is 45.7 Å².